The molecule has 1 fully saturated rings. The number of aromatic nitrogens is 3. The van der Waals surface area contributed by atoms with Gasteiger partial charge in [-0.3, -0.25) is 24.1 Å². The van der Waals surface area contributed by atoms with Gasteiger partial charge in [0.2, 0.25) is 17.7 Å². The van der Waals surface area contributed by atoms with Crippen LogP contribution in [0.2, 0.25) is 0 Å². The zero-order valence-electron chi connectivity index (χ0n) is 29.7. The van der Waals surface area contributed by atoms with Crippen molar-refractivity contribution in [1.29, 1.82) is 0 Å². The van der Waals surface area contributed by atoms with Crippen molar-refractivity contribution >= 4 is 23.6 Å². The molecule has 12 nitrogen and oxygen atoms in total. The molecule has 3 heterocycles. The van der Waals surface area contributed by atoms with Crippen molar-refractivity contribution in [3.05, 3.63) is 82.9 Å². The van der Waals surface area contributed by atoms with E-state index in [1.54, 1.807) is 11.8 Å². The lowest BCUT2D eigenvalue weighted by Crippen LogP contribution is -2.50. The second-order valence-corrected chi connectivity index (χ2v) is 13.8. The third-order valence-corrected chi connectivity index (χ3v) is 9.38. The monoisotopic (exact) mass is 684 g/mol. The summed E-state index contributed by atoms with van der Waals surface area (Å²) >= 11 is 0. The van der Waals surface area contributed by atoms with Gasteiger partial charge in [0.1, 0.15) is 18.4 Å². The van der Waals surface area contributed by atoms with Gasteiger partial charge in [-0.25, -0.2) is 9.67 Å². The summed E-state index contributed by atoms with van der Waals surface area (Å²) < 4.78 is 1.54. The zero-order chi connectivity index (χ0) is 35.5. The minimum atomic E-state index is -0.841. The van der Waals surface area contributed by atoms with Crippen molar-refractivity contribution in [2.24, 2.45) is 5.92 Å². The van der Waals surface area contributed by atoms with E-state index in [-0.39, 0.29) is 42.5 Å². The number of hydrogen-bond acceptors (Lipinski definition) is 7. The second kappa shape index (κ2) is 17.9. The van der Waals surface area contributed by atoms with Gasteiger partial charge in [0, 0.05) is 44.6 Å². The number of piperidine rings is 1. The van der Waals surface area contributed by atoms with Crippen molar-refractivity contribution in [2.45, 2.75) is 90.9 Å². The summed E-state index contributed by atoms with van der Waals surface area (Å²) in [4.78, 5) is 62.8. The summed E-state index contributed by atoms with van der Waals surface area (Å²) in [5.74, 6) is -0.0605. The number of carbonyl (C=O) groups is 4. The largest absolute Gasteiger partial charge is 0.354 e. The summed E-state index contributed by atoms with van der Waals surface area (Å²) in [5.41, 5.74) is 2.68. The van der Waals surface area contributed by atoms with Crippen LogP contribution >= 0.6 is 0 Å². The number of aryl methyl sites for hydroxylation is 1. The highest BCUT2D eigenvalue weighted by Crippen LogP contribution is 2.21. The molecule has 1 saturated heterocycles. The number of likely N-dealkylation sites (tertiary alicyclic amines) is 1. The standard InChI is InChI=1S/C38H52N8O4/c1-27(2)35-36-40-28(3)43-46(36)26-34(48)39-19-11-23-45(38(50)31-17-15-30(16-18-31)25-44-20-8-5-9-21-44)22-10-14-33(47)41-32(37(49)42-35)24-29-12-6-4-7-13-29/h4,6-7,12-13,15-18,27,32,35H,5,8-11,14,19-26H2,1-3H3,(H,39,48)(H,41,47)(H,42,49)/t32-,35?/m1/s1. The van der Waals surface area contributed by atoms with Crippen LogP contribution in [0.25, 0.3) is 0 Å². The first-order valence-electron chi connectivity index (χ1n) is 18.1. The van der Waals surface area contributed by atoms with E-state index in [1.807, 2.05) is 68.4 Å². The summed E-state index contributed by atoms with van der Waals surface area (Å²) in [6.07, 6.45) is 5.16. The average molecular weight is 685 g/mol. The molecule has 1 unspecified atom stereocenters. The van der Waals surface area contributed by atoms with Crippen molar-refractivity contribution in [3.63, 3.8) is 0 Å². The van der Waals surface area contributed by atoms with E-state index in [1.165, 1.54) is 29.5 Å². The third kappa shape index (κ3) is 10.5. The number of amides is 4. The minimum absolute atomic E-state index is 0.0636. The van der Waals surface area contributed by atoms with Crippen molar-refractivity contribution in [1.82, 2.24) is 40.5 Å². The lowest BCUT2D eigenvalue weighted by molar-refractivity contribution is -0.129. The van der Waals surface area contributed by atoms with Crippen LogP contribution in [-0.4, -0.2) is 87.0 Å². The molecule has 0 bridgehead atoms. The molecule has 4 amide bonds. The smallest absolute Gasteiger partial charge is 0.253 e. The quantitative estimate of drug-likeness (QED) is 0.361. The molecule has 50 heavy (non-hydrogen) atoms. The molecule has 2 aliphatic rings. The number of rotatable bonds is 6. The van der Waals surface area contributed by atoms with Crippen LogP contribution in [0.3, 0.4) is 0 Å². The van der Waals surface area contributed by atoms with Gasteiger partial charge in [0.25, 0.3) is 5.91 Å². The van der Waals surface area contributed by atoms with Gasteiger partial charge >= 0.3 is 0 Å². The van der Waals surface area contributed by atoms with Crippen molar-refractivity contribution < 1.29 is 19.2 Å². The number of nitrogens with zero attached hydrogens (tertiary/aromatic N) is 5. The number of hydrogen-bond donors (Lipinski definition) is 3. The third-order valence-electron chi connectivity index (χ3n) is 9.38. The lowest BCUT2D eigenvalue weighted by Gasteiger charge is -2.27. The second-order valence-electron chi connectivity index (χ2n) is 13.8. The predicted octanol–water partition coefficient (Wildman–Crippen LogP) is 3.56. The molecule has 268 valence electrons. The summed E-state index contributed by atoms with van der Waals surface area (Å²) in [6, 6.07) is 16.0. The Hall–Kier alpha value is -4.58. The maximum atomic E-state index is 13.9. The fourth-order valence-corrected chi connectivity index (χ4v) is 6.67. The average Bonchev–Trinajstić information content (AvgIpc) is 3.46. The first-order chi connectivity index (χ1) is 24.2. The van der Waals surface area contributed by atoms with Crippen molar-refractivity contribution in [2.75, 3.05) is 32.7 Å². The topological polar surface area (TPSA) is 142 Å². The summed E-state index contributed by atoms with van der Waals surface area (Å²) in [6.45, 7) is 9.85. The van der Waals surface area contributed by atoms with Crippen LogP contribution in [-0.2, 0) is 33.9 Å². The fraction of sp³-hybridized carbons (Fsp3) is 0.526. The molecule has 2 aromatic carbocycles. The Labute approximate surface area is 295 Å². The first-order valence-corrected chi connectivity index (χ1v) is 18.1. The van der Waals surface area contributed by atoms with Gasteiger partial charge in [-0.2, -0.15) is 5.10 Å². The van der Waals surface area contributed by atoms with E-state index in [4.69, 9.17) is 0 Å². The van der Waals surface area contributed by atoms with E-state index in [0.717, 1.165) is 25.2 Å². The number of benzene rings is 2. The molecular formula is C38H52N8O4. The van der Waals surface area contributed by atoms with E-state index >= 15 is 0 Å². The minimum Gasteiger partial charge on any atom is -0.354 e. The SMILES string of the molecule is Cc1nc2n(n1)CC(=O)NCCCN(C(=O)c1ccc(CN3CCCCC3)cc1)CCCC(=O)N[C@H](Cc1ccccc1)C(=O)NC2C(C)C. The van der Waals surface area contributed by atoms with E-state index in [9.17, 15) is 19.2 Å². The van der Waals surface area contributed by atoms with Crippen LogP contribution in [0.5, 0.6) is 0 Å². The lowest BCUT2D eigenvalue weighted by atomic mass is 10.0. The van der Waals surface area contributed by atoms with Gasteiger partial charge in [0.05, 0.1) is 6.04 Å². The molecule has 12 heteroatoms. The summed E-state index contributed by atoms with van der Waals surface area (Å²) in [7, 11) is 0. The van der Waals surface area contributed by atoms with Gasteiger partial charge in [0.15, 0.2) is 5.82 Å². The van der Waals surface area contributed by atoms with Crippen LogP contribution in [0.1, 0.15) is 91.5 Å². The zero-order valence-corrected chi connectivity index (χ0v) is 29.7. The first kappa shape index (κ1) is 36.7. The molecule has 5 rings (SSSR count). The molecule has 0 radical (unpaired) electrons. The summed E-state index contributed by atoms with van der Waals surface area (Å²) in [5, 5.41) is 13.5. The van der Waals surface area contributed by atoms with Gasteiger partial charge in [-0.1, -0.05) is 62.7 Å². The van der Waals surface area contributed by atoms with Crippen LogP contribution in [0.15, 0.2) is 54.6 Å². The molecule has 1 aromatic heterocycles. The Morgan fingerprint density at radius 3 is 2.28 bits per heavy atom. The van der Waals surface area contributed by atoms with E-state index < -0.39 is 12.1 Å². The number of nitrogens with one attached hydrogen (secondary N) is 3. The maximum absolute atomic E-state index is 13.9. The molecular weight excluding hydrogens is 632 g/mol. The number of fused-ring (bicyclic) bond motifs is 1. The molecule has 0 aliphatic carbocycles. The molecule has 2 atom stereocenters. The Kier molecular flexibility index (Phi) is 13.1. The van der Waals surface area contributed by atoms with Crippen molar-refractivity contribution in [3.8, 4) is 0 Å². The van der Waals surface area contributed by atoms with Gasteiger partial charge in [-0.15, -0.1) is 0 Å². The van der Waals surface area contributed by atoms with Crippen LogP contribution in [0, 0.1) is 12.8 Å². The van der Waals surface area contributed by atoms with E-state index in [0.29, 0.717) is 56.1 Å². The molecule has 2 aliphatic heterocycles. The number of carbonyl (C=O) groups excluding carboxylic acids is 4. The molecule has 3 aromatic rings. The van der Waals surface area contributed by atoms with Crippen LogP contribution in [0.4, 0.5) is 0 Å². The normalized spacial score (nSPS) is 20.6. The highest BCUT2D eigenvalue weighted by Gasteiger charge is 2.30. The van der Waals surface area contributed by atoms with E-state index in [2.05, 4.69) is 30.9 Å². The van der Waals surface area contributed by atoms with Gasteiger partial charge in [-0.05, 0) is 74.9 Å². The Balaban J connectivity index is 1.33. The Morgan fingerprint density at radius 1 is 0.840 bits per heavy atom. The maximum Gasteiger partial charge on any atom is 0.253 e. The fourth-order valence-electron chi connectivity index (χ4n) is 6.67. The molecule has 0 saturated carbocycles. The molecule has 0 spiro atoms. The van der Waals surface area contributed by atoms with Gasteiger partial charge < -0.3 is 20.9 Å². The highest BCUT2D eigenvalue weighted by atomic mass is 16.2. The Bertz CT molecular complexity index is 1580. The molecule has 3 N–H and O–H groups in total. The predicted molar refractivity (Wildman–Crippen MR) is 191 cm³/mol. The van der Waals surface area contributed by atoms with Crippen LogP contribution < -0.4 is 16.0 Å². The highest BCUT2D eigenvalue weighted by molar-refractivity contribution is 5.94. The Morgan fingerprint density at radius 2 is 1.56 bits per heavy atom.